The van der Waals surface area contributed by atoms with Crippen molar-refractivity contribution < 1.29 is 33.8 Å². The number of ketones is 3. The second-order valence-corrected chi connectivity index (χ2v) is 9.45. The molecule has 33 heavy (non-hydrogen) atoms. The Labute approximate surface area is 194 Å². The minimum atomic E-state index is -0.959. The molecule has 8 nitrogen and oxygen atoms in total. The largest absolute Gasteiger partial charge is 0.390 e. The molecule has 2 aliphatic heterocycles. The van der Waals surface area contributed by atoms with E-state index in [0.717, 1.165) is 11.6 Å². The molecule has 0 saturated carbocycles. The van der Waals surface area contributed by atoms with E-state index < -0.39 is 48.0 Å². The van der Waals surface area contributed by atoms with Crippen LogP contribution >= 0.6 is 0 Å². The summed E-state index contributed by atoms with van der Waals surface area (Å²) in [6.07, 6.45) is 3.15. The zero-order valence-electron chi connectivity index (χ0n) is 19.8. The molecule has 180 valence electrons. The molecule has 0 radical (unpaired) electrons. The summed E-state index contributed by atoms with van der Waals surface area (Å²) in [7, 11) is 0. The fourth-order valence-corrected chi connectivity index (χ4v) is 4.60. The Bertz CT molecular complexity index is 931. The third-order valence-electron chi connectivity index (χ3n) is 6.52. The van der Waals surface area contributed by atoms with Gasteiger partial charge in [-0.3, -0.25) is 19.2 Å². The summed E-state index contributed by atoms with van der Waals surface area (Å²) in [5.41, 5.74) is 0.884. The van der Waals surface area contributed by atoms with Crippen LogP contribution in [0.3, 0.4) is 0 Å². The number of Topliss-reactive ketones (excluding diaryl/α,β-unsaturated/α-hetero) is 2. The maximum absolute atomic E-state index is 13.3. The van der Waals surface area contributed by atoms with Crippen LogP contribution in [0.15, 0.2) is 35.1 Å². The van der Waals surface area contributed by atoms with Gasteiger partial charge in [0.25, 0.3) is 0 Å². The molecule has 1 amide bonds. The van der Waals surface area contributed by atoms with Crippen LogP contribution in [0.4, 0.5) is 0 Å². The standard InChI is InChI=1S/C25H33NO7/c1-12-8-13(2)22(29)15(4)25(31)26-19-11-17(27)10-18(23(19)30)24(14(3)9-12)33-21-7-6-20(28)16(5)32-21/h9-11,13-16,20-21,24,28H,6-8H2,1-5H3,(H,26,31). The monoisotopic (exact) mass is 459 g/mol. The van der Waals surface area contributed by atoms with Gasteiger partial charge in [0, 0.05) is 29.9 Å². The maximum Gasteiger partial charge on any atom is 0.234 e. The molecule has 7 unspecified atom stereocenters. The fourth-order valence-electron chi connectivity index (χ4n) is 4.60. The number of fused-ring (bicyclic) bond motifs is 2. The Kier molecular flexibility index (Phi) is 7.82. The molecule has 3 rings (SSSR count). The second-order valence-electron chi connectivity index (χ2n) is 9.45. The molecule has 8 heteroatoms. The number of hydrogen-bond donors (Lipinski definition) is 2. The van der Waals surface area contributed by atoms with Crippen molar-refractivity contribution in [3.05, 3.63) is 35.1 Å². The normalized spacial score (nSPS) is 36.5. The van der Waals surface area contributed by atoms with E-state index in [9.17, 15) is 24.3 Å². The van der Waals surface area contributed by atoms with Crippen LogP contribution in [-0.2, 0) is 28.7 Å². The number of hydrogen-bond acceptors (Lipinski definition) is 7. The number of rotatable bonds is 2. The van der Waals surface area contributed by atoms with Gasteiger partial charge in [0.1, 0.15) is 5.78 Å². The van der Waals surface area contributed by atoms with Crippen LogP contribution in [-0.4, -0.2) is 53.0 Å². The van der Waals surface area contributed by atoms with Crippen LogP contribution in [0.1, 0.15) is 53.9 Å². The Morgan fingerprint density at radius 2 is 1.76 bits per heavy atom. The Morgan fingerprint density at radius 3 is 2.42 bits per heavy atom. The molecule has 2 bridgehead atoms. The van der Waals surface area contributed by atoms with E-state index in [0.29, 0.717) is 19.3 Å². The highest BCUT2D eigenvalue weighted by atomic mass is 16.7. The Balaban J connectivity index is 2.00. The molecule has 7 atom stereocenters. The van der Waals surface area contributed by atoms with Gasteiger partial charge in [-0.25, -0.2) is 0 Å². The van der Waals surface area contributed by atoms with Gasteiger partial charge < -0.3 is 19.9 Å². The van der Waals surface area contributed by atoms with Crippen LogP contribution in [0, 0.1) is 17.8 Å². The SMILES string of the molecule is CC1=CC(C)C(OC2CCC(O)C(C)O2)C2=CC(=O)C=C(NC(=O)C(C)C(=O)C(C)C1)C2=O. The molecule has 2 N–H and O–H groups in total. The minimum absolute atomic E-state index is 0.128. The molecule has 0 aromatic rings. The molecule has 1 aliphatic carbocycles. The van der Waals surface area contributed by atoms with Crippen molar-refractivity contribution in [1.29, 1.82) is 0 Å². The minimum Gasteiger partial charge on any atom is -0.390 e. The topological polar surface area (TPSA) is 119 Å². The van der Waals surface area contributed by atoms with E-state index in [1.54, 1.807) is 13.8 Å². The number of nitrogens with one attached hydrogen (secondary N) is 1. The van der Waals surface area contributed by atoms with Gasteiger partial charge in [-0.05, 0) is 39.7 Å². The summed E-state index contributed by atoms with van der Waals surface area (Å²) in [6, 6.07) is 0. The molecule has 2 heterocycles. The highest BCUT2D eigenvalue weighted by molar-refractivity contribution is 6.22. The van der Waals surface area contributed by atoms with Crippen molar-refractivity contribution in [3.8, 4) is 0 Å². The number of carbonyl (C=O) groups is 4. The second kappa shape index (κ2) is 10.2. The van der Waals surface area contributed by atoms with E-state index in [2.05, 4.69) is 5.32 Å². The Hall–Kier alpha value is -2.42. The van der Waals surface area contributed by atoms with Crippen molar-refractivity contribution in [2.24, 2.45) is 17.8 Å². The molecule has 0 spiro atoms. The number of aliphatic hydroxyl groups is 1. The number of allylic oxidation sites excluding steroid dienone is 4. The smallest absolute Gasteiger partial charge is 0.234 e. The van der Waals surface area contributed by atoms with Crippen molar-refractivity contribution in [2.75, 3.05) is 0 Å². The zero-order chi connectivity index (χ0) is 24.4. The van der Waals surface area contributed by atoms with Gasteiger partial charge in [0.05, 0.1) is 29.9 Å². The van der Waals surface area contributed by atoms with Gasteiger partial charge in [-0.2, -0.15) is 0 Å². The van der Waals surface area contributed by atoms with E-state index in [1.165, 1.54) is 13.0 Å². The van der Waals surface area contributed by atoms with E-state index >= 15 is 0 Å². The molecular formula is C25H33NO7. The van der Waals surface area contributed by atoms with Crippen molar-refractivity contribution in [2.45, 2.75) is 78.5 Å². The predicted molar refractivity (Wildman–Crippen MR) is 120 cm³/mol. The lowest BCUT2D eigenvalue weighted by atomic mass is 9.87. The molecule has 1 saturated heterocycles. The summed E-state index contributed by atoms with van der Waals surface area (Å²) < 4.78 is 12.0. The summed E-state index contributed by atoms with van der Waals surface area (Å²) >= 11 is 0. The summed E-state index contributed by atoms with van der Waals surface area (Å²) in [4.78, 5) is 51.2. The molecular weight excluding hydrogens is 426 g/mol. The first kappa shape index (κ1) is 25.2. The van der Waals surface area contributed by atoms with Crippen LogP contribution in [0.25, 0.3) is 0 Å². The van der Waals surface area contributed by atoms with Crippen LogP contribution in [0.2, 0.25) is 0 Å². The predicted octanol–water partition coefficient (Wildman–Crippen LogP) is 2.16. The maximum atomic E-state index is 13.3. The summed E-state index contributed by atoms with van der Waals surface area (Å²) in [6.45, 7) is 8.80. The highest BCUT2D eigenvalue weighted by Gasteiger charge is 2.37. The fraction of sp³-hybridized carbons (Fsp3) is 0.600. The van der Waals surface area contributed by atoms with Crippen molar-refractivity contribution >= 4 is 23.3 Å². The molecule has 0 aromatic carbocycles. The van der Waals surface area contributed by atoms with Crippen molar-refractivity contribution in [1.82, 2.24) is 5.32 Å². The molecule has 3 aliphatic rings. The van der Waals surface area contributed by atoms with Gasteiger partial charge in [0.15, 0.2) is 12.1 Å². The van der Waals surface area contributed by atoms with Gasteiger partial charge in [0.2, 0.25) is 11.7 Å². The number of amides is 1. The van der Waals surface area contributed by atoms with E-state index in [1.807, 2.05) is 19.9 Å². The molecule has 0 aromatic heterocycles. The first-order chi connectivity index (χ1) is 15.5. The third kappa shape index (κ3) is 5.75. The summed E-state index contributed by atoms with van der Waals surface area (Å²) in [5, 5.41) is 12.4. The molecule has 1 fully saturated rings. The lowest BCUT2D eigenvalue weighted by Gasteiger charge is -2.36. The van der Waals surface area contributed by atoms with Crippen LogP contribution < -0.4 is 5.32 Å². The third-order valence-corrected chi connectivity index (χ3v) is 6.52. The highest BCUT2D eigenvalue weighted by Crippen LogP contribution is 2.31. The Morgan fingerprint density at radius 1 is 1.06 bits per heavy atom. The van der Waals surface area contributed by atoms with Gasteiger partial charge >= 0.3 is 0 Å². The lowest BCUT2D eigenvalue weighted by Crippen LogP contribution is -2.43. The number of aliphatic hydroxyl groups excluding tert-OH is 1. The first-order valence-corrected chi connectivity index (χ1v) is 11.5. The van der Waals surface area contributed by atoms with E-state index in [-0.39, 0.29) is 28.9 Å². The quantitative estimate of drug-likeness (QED) is 0.369. The summed E-state index contributed by atoms with van der Waals surface area (Å²) in [5.74, 6) is -3.49. The first-order valence-electron chi connectivity index (χ1n) is 11.5. The van der Waals surface area contributed by atoms with E-state index in [4.69, 9.17) is 9.47 Å². The average Bonchev–Trinajstić information content (AvgIpc) is 2.74. The average molecular weight is 460 g/mol. The lowest BCUT2D eigenvalue weighted by molar-refractivity contribution is -0.233. The number of carbonyl (C=O) groups excluding carboxylic acids is 4. The van der Waals surface area contributed by atoms with Crippen molar-refractivity contribution in [3.63, 3.8) is 0 Å². The van der Waals surface area contributed by atoms with Crippen LogP contribution in [0.5, 0.6) is 0 Å². The number of ether oxygens (including phenoxy) is 2. The van der Waals surface area contributed by atoms with Gasteiger partial charge in [-0.1, -0.05) is 25.5 Å². The zero-order valence-corrected chi connectivity index (χ0v) is 19.8. The van der Waals surface area contributed by atoms with Gasteiger partial charge in [-0.15, -0.1) is 0 Å².